The minimum Gasteiger partial charge on any atom is -0.591 e. The third-order valence-corrected chi connectivity index (χ3v) is 4.78. The first-order chi connectivity index (χ1) is 8.94. The Morgan fingerprint density at radius 3 is 2.25 bits per heavy atom. The lowest BCUT2D eigenvalue weighted by molar-refractivity contribution is -0.138. The summed E-state index contributed by atoms with van der Waals surface area (Å²) in [7, 11) is 0. The molecule has 7 heteroatoms. The van der Waals surface area contributed by atoms with Gasteiger partial charge in [0.2, 0.25) is 0 Å². The molecule has 0 unspecified atom stereocenters. The molecule has 0 aliphatic carbocycles. The fourth-order valence-electron chi connectivity index (χ4n) is 1.34. The Balaban J connectivity index is 3.25. The van der Waals surface area contributed by atoms with Gasteiger partial charge in [0.05, 0.1) is 11.3 Å². The van der Waals surface area contributed by atoms with E-state index in [-0.39, 0.29) is 10.0 Å². The number of alkyl halides is 3. The third-order valence-electron chi connectivity index (χ3n) is 2.44. The van der Waals surface area contributed by atoms with Crippen molar-refractivity contribution in [1.29, 1.82) is 0 Å². The predicted octanol–water partition coefficient (Wildman–Crippen LogP) is 4.74. The first-order valence-electron chi connectivity index (χ1n) is 5.78. The molecular weight excluding hydrogens is 355 g/mol. The molecule has 0 heterocycles. The fraction of sp³-hybridized carbons (Fsp3) is 0.462. The summed E-state index contributed by atoms with van der Waals surface area (Å²) in [6.07, 6.45) is -4.45. The molecule has 1 aromatic carbocycles. The number of rotatable bonds is 2. The zero-order valence-corrected chi connectivity index (χ0v) is 13.9. The first kappa shape index (κ1) is 17.5. The van der Waals surface area contributed by atoms with E-state index in [1.54, 1.807) is 27.7 Å². The van der Waals surface area contributed by atoms with Gasteiger partial charge < -0.3 is 4.55 Å². The molecule has 0 aromatic heterocycles. The number of nitrogens with zero attached hydrogens (tertiary/aromatic N) is 1. The quantitative estimate of drug-likeness (QED) is 0.547. The van der Waals surface area contributed by atoms with Gasteiger partial charge in [-0.05, 0) is 49.7 Å². The molecule has 1 atom stereocenters. The van der Waals surface area contributed by atoms with E-state index in [1.165, 1.54) is 12.1 Å². The summed E-state index contributed by atoms with van der Waals surface area (Å²) in [5.74, 6) is 0. The van der Waals surface area contributed by atoms with E-state index in [9.17, 15) is 17.7 Å². The number of hydrogen-bond donors (Lipinski definition) is 0. The van der Waals surface area contributed by atoms with Gasteiger partial charge in [0.25, 0.3) is 0 Å². The van der Waals surface area contributed by atoms with Crippen LogP contribution in [0.5, 0.6) is 0 Å². The van der Waals surface area contributed by atoms with Crippen molar-refractivity contribution < 1.29 is 17.7 Å². The highest BCUT2D eigenvalue weighted by Gasteiger charge is 2.34. The Bertz CT molecular complexity index is 523. The van der Waals surface area contributed by atoms with E-state index in [2.05, 4.69) is 20.3 Å². The fourth-order valence-corrected chi connectivity index (χ4v) is 2.74. The molecule has 0 N–H and O–H groups in total. The van der Waals surface area contributed by atoms with Crippen molar-refractivity contribution in [2.24, 2.45) is 4.40 Å². The maximum Gasteiger partial charge on any atom is 0.417 e. The van der Waals surface area contributed by atoms with Gasteiger partial charge in [-0.1, -0.05) is 16.5 Å². The lowest BCUT2D eigenvalue weighted by atomic mass is 10.1. The zero-order chi connectivity index (χ0) is 15.7. The van der Waals surface area contributed by atoms with Crippen LogP contribution in [-0.4, -0.2) is 15.0 Å². The summed E-state index contributed by atoms with van der Waals surface area (Å²) in [5, 5.41) is 0. The second-order valence-corrected chi connectivity index (χ2v) is 7.90. The topological polar surface area (TPSA) is 35.4 Å². The molecule has 2 nitrogen and oxygen atoms in total. The SMILES string of the molecule is C/C(=N\[S@@+]([O-])C(C)(C)C)c1cccc(C(F)(F)F)c1Br. The monoisotopic (exact) mass is 369 g/mol. The van der Waals surface area contributed by atoms with Crippen LogP contribution in [0.15, 0.2) is 27.1 Å². The summed E-state index contributed by atoms with van der Waals surface area (Å²) >= 11 is 1.44. The van der Waals surface area contributed by atoms with Gasteiger partial charge in [-0.15, -0.1) is 0 Å². The summed E-state index contributed by atoms with van der Waals surface area (Å²) in [6, 6.07) is 3.81. The molecule has 20 heavy (non-hydrogen) atoms. The van der Waals surface area contributed by atoms with Crippen molar-refractivity contribution in [2.75, 3.05) is 0 Å². The van der Waals surface area contributed by atoms with Crippen LogP contribution in [0.25, 0.3) is 0 Å². The van der Waals surface area contributed by atoms with Gasteiger partial charge in [-0.2, -0.15) is 13.2 Å². The van der Waals surface area contributed by atoms with Crippen LogP contribution in [0, 0.1) is 0 Å². The number of benzene rings is 1. The largest absolute Gasteiger partial charge is 0.591 e. The van der Waals surface area contributed by atoms with Crippen molar-refractivity contribution in [2.45, 2.75) is 38.6 Å². The summed E-state index contributed by atoms with van der Waals surface area (Å²) in [5.41, 5.74) is -0.181. The molecule has 0 spiro atoms. The second kappa shape index (κ2) is 6.07. The van der Waals surface area contributed by atoms with Crippen molar-refractivity contribution in [3.63, 3.8) is 0 Å². The standard InChI is InChI=1S/C13H15BrF3NOS/c1-8(18-20(19)12(2,3)4)9-6-5-7-10(11(9)14)13(15,16)17/h5-7H,1-4H3/b18-8+/t20-/m0/s1. The van der Waals surface area contributed by atoms with Gasteiger partial charge in [-0.3, -0.25) is 0 Å². The number of hydrogen-bond acceptors (Lipinski definition) is 2. The van der Waals surface area contributed by atoms with Crippen molar-refractivity contribution in [3.05, 3.63) is 33.8 Å². The highest BCUT2D eigenvalue weighted by molar-refractivity contribution is 9.10. The van der Waals surface area contributed by atoms with Crippen molar-refractivity contribution in [3.8, 4) is 0 Å². The summed E-state index contributed by atoms with van der Waals surface area (Å²) < 4.78 is 53.7. The van der Waals surface area contributed by atoms with E-state index in [1.807, 2.05) is 0 Å². The molecule has 1 aromatic rings. The van der Waals surface area contributed by atoms with E-state index in [0.717, 1.165) is 6.07 Å². The zero-order valence-electron chi connectivity index (χ0n) is 11.5. The van der Waals surface area contributed by atoms with Crippen LogP contribution < -0.4 is 0 Å². The molecule has 0 radical (unpaired) electrons. The van der Waals surface area contributed by atoms with E-state index in [4.69, 9.17) is 0 Å². The molecule has 112 valence electrons. The minimum atomic E-state index is -4.45. The van der Waals surface area contributed by atoms with Gasteiger partial charge in [0, 0.05) is 10.0 Å². The second-order valence-electron chi connectivity index (χ2n) is 5.20. The maximum atomic E-state index is 12.8. The highest BCUT2D eigenvalue weighted by atomic mass is 79.9. The normalized spacial score (nSPS) is 15.3. The van der Waals surface area contributed by atoms with Crippen molar-refractivity contribution in [1.82, 2.24) is 0 Å². The Hall–Kier alpha value is -0.530. The molecule has 0 fully saturated rings. The van der Waals surface area contributed by atoms with Crippen LogP contribution in [0.4, 0.5) is 13.2 Å². The lowest BCUT2D eigenvalue weighted by Crippen LogP contribution is -2.26. The van der Waals surface area contributed by atoms with Gasteiger partial charge in [-0.25, -0.2) is 0 Å². The Morgan fingerprint density at radius 1 is 1.25 bits per heavy atom. The lowest BCUT2D eigenvalue weighted by Gasteiger charge is -2.19. The molecule has 0 aliphatic heterocycles. The maximum absolute atomic E-state index is 12.8. The smallest absolute Gasteiger partial charge is 0.417 e. The molecule has 0 amide bonds. The average Bonchev–Trinajstić information content (AvgIpc) is 2.26. The van der Waals surface area contributed by atoms with Gasteiger partial charge in [0.15, 0.2) is 0 Å². The van der Waals surface area contributed by atoms with E-state index >= 15 is 0 Å². The molecule has 1 rings (SSSR count). The van der Waals surface area contributed by atoms with Gasteiger partial charge in [0.1, 0.15) is 16.1 Å². The minimum absolute atomic E-state index is 0.0836. The van der Waals surface area contributed by atoms with E-state index in [0.29, 0.717) is 5.71 Å². The molecule has 0 saturated carbocycles. The molecule has 0 bridgehead atoms. The Kier molecular flexibility index (Phi) is 5.32. The third kappa shape index (κ3) is 4.23. The van der Waals surface area contributed by atoms with Crippen molar-refractivity contribution >= 4 is 33.0 Å². The first-order valence-corrected chi connectivity index (χ1v) is 7.68. The van der Waals surface area contributed by atoms with Crippen LogP contribution in [0.3, 0.4) is 0 Å². The summed E-state index contributed by atoms with van der Waals surface area (Å²) in [6.45, 7) is 6.80. The van der Waals surface area contributed by atoms with Crippen LogP contribution >= 0.6 is 15.9 Å². The number of halogens is 4. The van der Waals surface area contributed by atoms with E-state index < -0.39 is 27.8 Å². The predicted molar refractivity (Wildman–Crippen MR) is 79.3 cm³/mol. The molecule has 0 aliphatic rings. The van der Waals surface area contributed by atoms with Gasteiger partial charge >= 0.3 is 6.18 Å². The average molecular weight is 370 g/mol. The Labute approximate surface area is 127 Å². The summed E-state index contributed by atoms with van der Waals surface area (Å²) in [4.78, 5) is 0. The van der Waals surface area contributed by atoms with Crippen LogP contribution in [-0.2, 0) is 17.5 Å². The Morgan fingerprint density at radius 2 is 1.80 bits per heavy atom. The molecular formula is C13H15BrF3NOS. The highest BCUT2D eigenvalue weighted by Crippen LogP contribution is 2.36. The van der Waals surface area contributed by atoms with Crippen LogP contribution in [0.2, 0.25) is 0 Å². The molecule has 0 saturated heterocycles. The van der Waals surface area contributed by atoms with Crippen LogP contribution in [0.1, 0.15) is 38.8 Å².